The smallest absolute Gasteiger partial charge is 0.323 e. The van der Waals surface area contributed by atoms with E-state index in [0.29, 0.717) is 45.5 Å². The zero-order valence-corrected chi connectivity index (χ0v) is 26.3. The lowest BCUT2D eigenvalue weighted by Gasteiger charge is -2.29. The summed E-state index contributed by atoms with van der Waals surface area (Å²) in [5.74, 6) is 0.0872. The summed E-state index contributed by atoms with van der Waals surface area (Å²) in [6.45, 7) is 4.92. The van der Waals surface area contributed by atoms with Crippen molar-refractivity contribution in [3.63, 3.8) is 0 Å². The zero-order valence-electron chi connectivity index (χ0n) is 26.3. The van der Waals surface area contributed by atoms with Gasteiger partial charge in [0.2, 0.25) is 5.91 Å². The van der Waals surface area contributed by atoms with Crippen LogP contribution in [0, 0.1) is 0 Å². The molecule has 44 heavy (non-hydrogen) atoms. The summed E-state index contributed by atoms with van der Waals surface area (Å²) in [6.07, 6.45) is 4.35. The molecular formula is C34H50N4O6. The highest BCUT2D eigenvalue weighted by atomic mass is 16.5. The van der Waals surface area contributed by atoms with Crippen LogP contribution in [0.3, 0.4) is 0 Å². The van der Waals surface area contributed by atoms with E-state index in [0.717, 1.165) is 49.2 Å². The molecule has 3 rings (SSSR count). The Bertz CT molecular complexity index is 1140. The van der Waals surface area contributed by atoms with Gasteiger partial charge in [0, 0.05) is 45.1 Å². The fraction of sp³-hybridized carbons (Fsp3) is 0.559. The largest absolute Gasteiger partial charge is 0.497 e. The minimum absolute atomic E-state index is 0.0492. The highest BCUT2D eigenvalue weighted by Crippen LogP contribution is 2.15. The van der Waals surface area contributed by atoms with E-state index in [1.165, 1.54) is 0 Å². The molecule has 0 saturated carbocycles. The summed E-state index contributed by atoms with van der Waals surface area (Å²) < 4.78 is 16.4. The van der Waals surface area contributed by atoms with E-state index < -0.39 is 24.2 Å². The quantitative estimate of drug-likeness (QED) is 0.162. The topological polar surface area (TPSA) is 132 Å². The molecule has 4 N–H and O–H groups in total. The molecule has 2 aromatic carbocycles. The van der Waals surface area contributed by atoms with Gasteiger partial charge in [-0.3, -0.25) is 14.4 Å². The predicted octanol–water partition coefficient (Wildman–Crippen LogP) is 3.36. The van der Waals surface area contributed by atoms with E-state index in [4.69, 9.17) is 19.9 Å². The number of nitrogens with one attached hydrogen (secondary N) is 2. The third-order valence-electron chi connectivity index (χ3n) is 7.76. The Morgan fingerprint density at radius 1 is 0.977 bits per heavy atom. The minimum atomic E-state index is -0.712. The fourth-order valence-electron chi connectivity index (χ4n) is 5.29. The Hall–Kier alpha value is -3.47. The van der Waals surface area contributed by atoms with Gasteiger partial charge >= 0.3 is 11.9 Å². The second kappa shape index (κ2) is 19.7. The number of likely N-dealkylation sites (tertiary alicyclic amines) is 1. The first-order valence-electron chi connectivity index (χ1n) is 15.9. The lowest BCUT2D eigenvalue weighted by Crippen LogP contribution is -2.49. The lowest BCUT2D eigenvalue weighted by atomic mass is 10.0. The van der Waals surface area contributed by atoms with Crippen LogP contribution in [0.25, 0.3) is 0 Å². The number of rotatable bonds is 19. The van der Waals surface area contributed by atoms with Crippen LogP contribution >= 0.6 is 0 Å². The van der Waals surface area contributed by atoms with Gasteiger partial charge < -0.3 is 35.5 Å². The first-order chi connectivity index (χ1) is 21.4. The van der Waals surface area contributed by atoms with E-state index in [2.05, 4.69) is 10.6 Å². The maximum atomic E-state index is 13.6. The molecular weight excluding hydrogens is 560 g/mol. The van der Waals surface area contributed by atoms with E-state index in [-0.39, 0.29) is 24.7 Å². The Balaban J connectivity index is 1.66. The van der Waals surface area contributed by atoms with Gasteiger partial charge in [-0.2, -0.15) is 0 Å². The summed E-state index contributed by atoms with van der Waals surface area (Å²) in [7, 11) is 1.63. The van der Waals surface area contributed by atoms with Crippen molar-refractivity contribution in [1.82, 2.24) is 15.5 Å². The number of methoxy groups -OCH3 is 1. The number of nitrogens with zero attached hydrogens (tertiary/aromatic N) is 1. The Kier molecular flexibility index (Phi) is 15.7. The molecule has 0 spiro atoms. The SMILES string of the molecule is CCOC(=O)CCCN[C@H](CCC(=O)N1CCCCC1)C(=O)O[C@H](CNCc1cccc(OC)c1)[C@@H](N)Cc1ccccc1. The average molecular weight is 611 g/mol. The van der Waals surface area contributed by atoms with E-state index >= 15 is 0 Å². The standard InChI is InChI=1S/C34H50N4O6/c1-3-43-33(40)16-11-19-37-30(17-18-32(39)38-20-8-5-9-21-38)34(41)44-31(29(35)23-26-12-6-4-7-13-26)25-36-24-27-14-10-15-28(22-27)42-2/h4,6-7,10,12-15,22,29-31,36-37H,3,5,8-9,11,16-21,23-25,35H2,1-2H3/t29-,30+,31+/m0/s1. The van der Waals surface area contributed by atoms with Crippen molar-refractivity contribution in [2.75, 3.05) is 39.9 Å². The number of carbonyl (C=O) groups is 3. The summed E-state index contributed by atoms with van der Waals surface area (Å²) in [5.41, 5.74) is 8.74. The number of esters is 2. The van der Waals surface area contributed by atoms with Crippen LogP contribution in [0.15, 0.2) is 54.6 Å². The first kappa shape index (κ1) is 35.0. The Morgan fingerprint density at radius 3 is 2.45 bits per heavy atom. The molecule has 1 heterocycles. The molecule has 3 atom stereocenters. The van der Waals surface area contributed by atoms with Gasteiger partial charge in [-0.25, -0.2) is 0 Å². The highest BCUT2D eigenvalue weighted by Gasteiger charge is 2.28. The van der Waals surface area contributed by atoms with E-state index in [9.17, 15) is 14.4 Å². The van der Waals surface area contributed by atoms with Crippen LogP contribution in [-0.4, -0.2) is 80.8 Å². The van der Waals surface area contributed by atoms with Crippen LogP contribution in [0.4, 0.5) is 0 Å². The van der Waals surface area contributed by atoms with E-state index in [1.54, 1.807) is 14.0 Å². The van der Waals surface area contributed by atoms with Crippen molar-refractivity contribution in [3.8, 4) is 5.75 Å². The van der Waals surface area contributed by atoms with Crippen molar-refractivity contribution in [2.45, 2.75) is 83.0 Å². The van der Waals surface area contributed by atoms with Crippen molar-refractivity contribution >= 4 is 17.8 Å². The monoisotopic (exact) mass is 610 g/mol. The molecule has 0 unspecified atom stereocenters. The second-order valence-corrected chi connectivity index (χ2v) is 11.2. The maximum absolute atomic E-state index is 13.6. The van der Waals surface area contributed by atoms with Crippen molar-refractivity contribution < 1.29 is 28.6 Å². The molecule has 2 aromatic rings. The van der Waals surface area contributed by atoms with Gasteiger partial charge in [0.1, 0.15) is 17.9 Å². The molecule has 1 aliphatic heterocycles. The molecule has 1 fully saturated rings. The number of nitrogens with two attached hydrogens (primary N) is 1. The van der Waals surface area contributed by atoms with Gasteiger partial charge in [0.25, 0.3) is 0 Å². The van der Waals surface area contributed by atoms with Crippen LogP contribution in [-0.2, 0) is 36.8 Å². The maximum Gasteiger partial charge on any atom is 0.323 e. The molecule has 0 aliphatic carbocycles. The van der Waals surface area contributed by atoms with Gasteiger partial charge in [-0.1, -0.05) is 42.5 Å². The second-order valence-electron chi connectivity index (χ2n) is 11.2. The van der Waals surface area contributed by atoms with Gasteiger partial charge in [-0.05, 0) is 75.3 Å². The number of ether oxygens (including phenoxy) is 3. The van der Waals surface area contributed by atoms with Crippen molar-refractivity contribution in [1.29, 1.82) is 0 Å². The molecule has 0 aromatic heterocycles. The Morgan fingerprint density at radius 2 is 1.73 bits per heavy atom. The molecule has 1 aliphatic rings. The summed E-state index contributed by atoms with van der Waals surface area (Å²) in [5, 5.41) is 6.62. The van der Waals surface area contributed by atoms with Crippen molar-refractivity contribution in [3.05, 3.63) is 65.7 Å². The number of benzene rings is 2. The van der Waals surface area contributed by atoms with Crippen LogP contribution in [0.5, 0.6) is 5.75 Å². The summed E-state index contributed by atoms with van der Waals surface area (Å²) >= 11 is 0. The van der Waals surface area contributed by atoms with Gasteiger partial charge in [0.15, 0.2) is 0 Å². The predicted molar refractivity (Wildman–Crippen MR) is 170 cm³/mol. The molecule has 0 radical (unpaired) electrons. The molecule has 1 saturated heterocycles. The lowest BCUT2D eigenvalue weighted by molar-refractivity contribution is -0.153. The Labute approximate surface area is 262 Å². The number of hydrogen-bond acceptors (Lipinski definition) is 9. The number of amides is 1. The molecule has 242 valence electrons. The summed E-state index contributed by atoms with van der Waals surface area (Å²) in [6, 6.07) is 16.5. The number of piperidine rings is 1. The highest BCUT2D eigenvalue weighted by molar-refractivity contribution is 5.79. The first-order valence-corrected chi connectivity index (χ1v) is 15.9. The number of hydrogen-bond donors (Lipinski definition) is 3. The third-order valence-corrected chi connectivity index (χ3v) is 7.76. The number of carbonyl (C=O) groups excluding carboxylic acids is 3. The molecule has 1 amide bonds. The van der Waals surface area contributed by atoms with E-state index in [1.807, 2.05) is 59.5 Å². The van der Waals surface area contributed by atoms with Crippen LogP contribution in [0.2, 0.25) is 0 Å². The van der Waals surface area contributed by atoms with Gasteiger partial charge in [-0.15, -0.1) is 0 Å². The summed E-state index contributed by atoms with van der Waals surface area (Å²) in [4.78, 5) is 40.2. The average Bonchev–Trinajstić information content (AvgIpc) is 3.04. The third kappa shape index (κ3) is 12.6. The van der Waals surface area contributed by atoms with Crippen LogP contribution in [0.1, 0.15) is 63.0 Å². The van der Waals surface area contributed by atoms with Gasteiger partial charge in [0.05, 0.1) is 13.7 Å². The molecule has 10 heteroatoms. The molecule has 10 nitrogen and oxygen atoms in total. The zero-order chi connectivity index (χ0) is 31.6. The normalized spacial score (nSPS) is 15.2. The van der Waals surface area contributed by atoms with Crippen LogP contribution < -0.4 is 21.1 Å². The minimum Gasteiger partial charge on any atom is -0.497 e. The molecule has 0 bridgehead atoms. The van der Waals surface area contributed by atoms with Crippen molar-refractivity contribution in [2.24, 2.45) is 5.73 Å². The fourth-order valence-corrected chi connectivity index (χ4v) is 5.29.